The Balaban J connectivity index is 2.14. The van der Waals surface area contributed by atoms with Crippen molar-refractivity contribution in [2.24, 2.45) is 17.6 Å². The Labute approximate surface area is 120 Å². The molecule has 20 heavy (non-hydrogen) atoms. The van der Waals surface area contributed by atoms with Gasteiger partial charge in [0.1, 0.15) is 5.69 Å². The summed E-state index contributed by atoms with van der Waals surface area (Å²) in [6, 6.07) is 0. The molecule has 0 atom stereocenters. The monoisotopic (exact) mass is 279 g/mol. The number of ketones is 1. The SMILES string of the molecule is CCCn1ncc(OC)c1C(=O)C1CCC(CN)CC1. The zero-order chi connectivity index (χ0) is 14.5. The molecule has 0 aliphatic heterocycles. The van der Waals surface area contributed by atoms with Crippen LogP contribution in [0.25, 0.3) is 0 Å². The molecule has 0 radical (unpaired) electrons. The summed E-state index contributed by atoms with van der Waals surface area (Å²) in [7, 11) is 1.59. The Morgan fingerprint density at radius 2 is 2.15 bits per heavy atom. The van der Waals surface area contributed by atoms with Crippen LogP contribution in [-0.4, -0.2) is 29.2 Å². The standard InChI is InChI=1S/C15H25N3O2/c1-3-8-18-14(13(20-2)10-17-18)15(19)12-6-4-11(9-16)5-7-12/h10-12H,3-9,16H2,1-2H3. The highest BCUT2D eigenvalue weighted by Gasteiger charge is 2.30. The first kappa shape index (κ1) is 15.0. The van der Waals surface area contributed by atoms with Gasteiger partial charge in [0, 0.05) is 12.5 Å². The van der Waals surface area contributed by atoms with Crippen LogP contribution < -0.4 is 10.5 Å². The number of ether oxygens (including phenoxy) is 1. The van der Waals surface area contributed by atoms with E-state index in [4.69, 9.17) is 10.5 Å². The van der Waals surface area contributed by atoms with Crippen molar-refractivity contribution in [2.45, 2.75) is 45.6 Å². The molecule has 0 bridgehead atoms. The zero-order valence-corrected chi connectivity index (χ0v) is 12.5. The number of methoxy groups -OCH3 is 1. The molecule has 5 nitrogen and oxygen atoms in total. The molecule has 1 aliphatic rings. The first-order chi connectivity index (χ1) is 9.71. The van der Waals surface area contributed by atoms with Crippen LogP contribution >= 0.6 is 0 Å². The average Bonchev–Trinajstić information content (AvgIpc) is 2.90. The van der Waals surface area contributed by atoms with Crippen LogP contribution in [0.4, 0.5) is 0 Å². The van der Waals surface area contributed by atoms with E-state index in [0.717, 1.165) is 45.2 Å². The number of nitrogens with two attached hydrogens (primary N) is 1. The first-order valence-corrected chi connectivity index (χ1v) is 7.55. The van der Waals surface area contributed by atoms with E-state index in [9.17, 15) is 4.79 Å². The fraction of sp³-hybridized carbons (Fsp3) is 0.733. The molecule has 1 heterocycles. The largest absolute Gasteiger partial charge is 0.493 e. The number of carbonyl (C=O) groups is 1. The third-order valence-electron chi connectivity index (χ3n) is 4.25. The van der Waals surface area contributed by atoms with Gasteiger partial charge in [-0.2, -0.15) is 5.10 Å². The summed E-state index contributed by atoms with van der Waals surface area (Å²) in [5.74, 6) is 1.47. The highest BCUT2D eigenvalue weighted by Crippen LogP contribution is 2.32. The number of aromatic nitrogens is 2. The second-order valence-electron chi connectivity index (χ2n) is 5.60. The number of aryl methyl sites for hydroxylation is 1. The predicted molar refractivity (Wildman–Crippen MR) is 77.9 cm³/mol. The van der Waals surface area contributed by atoms with Crippen LogP contribution in [0.3, 0.4) is 0 Å². The first-order valence-electron chi connectivity index (χ1n) is 7.55. The van der Waals surface area contributed by atoms with Gasteiger partial charge in [-0.1, -0.05) is 6.92 Å². The molecular weight excluding hydrogens is 254 g/mol. The maximum Gasteiger partial charge on any atom is 0.187 e. The Kier molecular flexibility index (Phi) is 5.17. The number of hydrogen-bond donors (Lipinski definition) is 1. The third kappa shape index (κ3) is 3.03. The number of hydrogen-bond acceptors (Lipinski definition) is 4. The zero-order valence-electron chi connectivity index (χ0n) is 12.5. The number of rotatable bonds is 6. The van der Waals surface area contributed by atoms with Gasteiger partial charge in [0.2, 0.25) is 0 Å². The van der Waals surface area contributed by atoms with Gasteiger partial charge >= 0.3 is 0 Å². The summed E-state index contributed by atoms with van der Waals surface area (Å²) in [5, 5.41) is 4.27. The maximum atomic E-state index is 12.8. The van der Waals surface area contributed by atoms with E-state index >= 15 is 0 Å². The highest BCUT2D eigenvalue weighted by molar-refractivity contribution is 5.98. The van der Waals surface area contributed by atoms with Crippen LogP contribution in [0.2, 0.25) is 0 Å². The van der Waals surface area contributed by atoms with Gasteiger partial charge in [-0.15, -0.1) is 0 Å². The van der Waals surface area contributed by atoms with Gasteiger partial charge < -0.3 is 10.5 Å². The van der Waals surface area contributed by atoms with Crippen molar-refractivity contribution in [3.05, 3.63) is 11.9 Å². The van der Waals surface area contributed by atoms with Crippen LogP contribution in [-0.2, 0) is 6.54 Å². The van der Waals surface area contributed by atoms with Gasteiger partial charge in [-0.3, -0.25) is 9.48 Å². The second kappa shape index (κ2) is 6.88. The van der Waals surface area contributed by atoms with Crippen molar-refractivity contribution < 1.29 is 9.53 Å². The van der Waals surface area contributed by atoms with Crippen LogP contribution in [0, 0.1) is 11.8 Å². The van der Waals surface area contributed by atoms with Gasteiger partial charge in [0.25, 0.3) is 0 Å². The summed E-state index contributed by atoms with van der Waals surface area (Å²) in [6.07, 6.45) is 6.57. The molecule has 5 heteroatoms. The number of nitrogens with zero attached hydrogens (tertiary/aromatic N) is 2. The summed E-state index contributed by atoms with van der Waals surface area (Å²) < 4.78 is 7.09. The quantitative estimate of drug-likeness (QED) is 0.811. The van der Waals surface area contributed by atoms with Gasteiger partial charge in [-0.05, 0) is 44.6 Å². The van der Waals surface area contributed by atoms with E-state index in [0.29, 0.717) is 17.4 Å². The average molecular weight is 279 g/mol. The Morgan fingerprint density at radius 1 is 1.45 bits per heavy atom. The minimum atomic E-state index is 0.0963. The minimum absolute atomic E-state index is 0.0963. The lowest BCUT2D eigenvalue weighted by Crippen LogP contribution is -2.27. The lowest BCUT2D eigenvalue weighted by Gasteiger charge is -2.26. The normalized spacial score (nSPS) is 22.8. The summed E-state index contributed by atoms with van der Waals surface area (Å²) in [4.78, 5) is 12.8. The van der Waals surface area contributed by atoms with Crippen LogP contribution in [0.1, 0.15) is 49.5 Å². The fourth-order valence-corrected chi connectivity index (χ4v) is 3.00. The third-order valence-corrected chi connectivity index (χ3v) is 4.25. The molecule has 1 aliphatic carbocycles. The molecule has 1 aromatic heterocycles. The van der Waals surface area contributed by atoms with E-state index in [1.165, 1.54) is 0 Å². The highest BCUT2D eigenvalue weighted by atomic mass is 16.5. The molecule has 1 saturated carbocycles. The van der Waals surface area contributed by atoms with Crippen molar-refractivity contribution in [2.75, 3.05) is 13.7 Å². The minimum Gasteiger partial charge on any atom is -0.493 e. The smallest absolute Gasteiger partial charge is 0.187 e. The van der Waals surface area contributed by atoms with E-state index < -0.39 is 0 Å². The Bertz CT molecular complexity index is 448. The van der Waals surface area contributed by atoms with Crippen molar-refractivity contribution in [1.82, 2.24) is 9.78 Å². The topological polar surface area (TPSA) is 70.1 Å². The molecule has 2 rings (SSSR count). The van der Waals surface area contributed by atoms with Crippen molar-refractivity contribution in [1.29, 1.82) is 0 Å². The van der Waals surface area contributed by atoms with Crippen LogP contribution in [0.15, 0.2) is 6.20 Å². The Hall–Kier alpha value is -1.36. The van der Waals surface area contributed by atoms with Crippen LogP contribution in [0.5, 0.6) is 5.75 Å². The molecule has 0 saturated heterocycles. The van der Waals surface area contributed by atoms with E-state index in [1.54, 1.807) is 18.0 Å². The van der Waals surface area contributed by atoms with Crippen molar-refractivity contribution in [3.63, 3.8) is 0 Å². The maximum absolute atomic E-state index is 12.8. The fourth-order valence-electron chi connectivity index (χ4n) is 3.00. The molecule has 0 aromatic carbocycles. The van der Waals surface area contributed by atoms with Gasteiger partial charge in [-0.25, -0.2) is 0 Å². The summed E-state index contributed by atoms with van der Waals surface area (Å²) in [6.45, 7) is 3.56. The van der Waals surface area contributed by atoms with Crippen molar-refractivity contribution >= 4 is 5.78 Å². The summed E-state index contributed by atoms with van der Waals surface area (Å²) in [5.41, 5.74) is 6.35. The number of Topliss-reactive ketones (excluding diaryl/α,β-unsaturated/α-hetero) is 1. The molecular formula is C15H25N3O2. The molecule has 112 valence electrons. The molecule has 0 unspecified atom stereocenters. The molecule has 0 spiro atoms. The number of carbonyl (C=O) groups excluding carboxylic acids is 1. The second-order valence-corrected chi connectivity index (χ2v) is 5.60. The molecule has 0 amide bonds. The van der Waals surface area contributed by atoms with Crippen molar-refractivity contribution in [3.8, 4) is 5.75 Å². The molecule has 1 fully saturated rings. The Morgan fingerprint density at radius 3 is 2.70 bits per heavy atom. The lowest BCUT2D eigenvalue weighted by molar-refractivity contribution is 0.0858. The lowest BCUT2D eigenvalue weighted by atomic mass is 9.79. The predicted octanol–water partition coefficient (Wildman–Crippen LogP) is 2.25. The van der Waals surface area contributed by atoms with Gasteiger partial charge in [0.15, 0.2) is 11.5 Å². The molecule has 2 N–H and O–H groups in total. The van der Waals surface area contributed by atoms with Gasteiger partial charge in [0.05, 0.1) is 13.3 Å². The summed E-state index contributed by atoms with van der Waals surface area (Å²) >= 11 is 0. The van der Waals surface area contributed by atoms with E-state index in [1.807, 2.05) is 0 Å². The van der Waals surface area contributed by atoms with E-state index in [2.05, 4.69) is 12.0 Å². The molecule has 1 aromatic rings. The van der Waals surface area contributed by atoms with E-state index in [-0.39, 0.29) is 11.7 Å².